The van der Waals surface area contributed by atoms with Crippen LogP contribution in [-0.2, 0) is 14.3 Å². The van der Waals surface area contributed by atoms with E-state index in [-0.39, 0.29) is 5.97 Å². The van der Waals surface area contributed by atoms with Crippen LogP contribution in [0.5, 0.6) is 0 Å². The summed E-state index contributed by atoms with van der Waals surface area (Å²) in [6.45, 7) is 4.09. The molecule has 0 saturated carbocycles. The minimum Gasteiger partial charge on any atom is -0.467 e. The van der Waals surface area contributed by atoms with E-state index in [1.165, 1.54) is 7.11 Å². The summed E-state index contributed by atoms with van der Waals surface area (Å²) in [5.41, 5.74) is 0. The van der Waals surface area contributed by atoms with Crippen LogP contribution >= 0.6 is 0 Å². The molecule has 1 atom stereocenters. The van der Waals surface area contributed by atoms with Crippen molar-refractivity contribution in [3.63, 3.8) is 0 Å². The molecule has 1 fully saturated rings. The van der Waals surface area contributed by atoms with Gasteiger partial charge >= 0.3 is 5.97 Å². The van der Waals surface area contributed by atoms with Gasteiger partial charge in [0.1, 0.15) is 0 Å². The van der Waals surface area contributed by atoms with Crippen molar-refractivity contribution < 1.29 is 14.3 Å². The molecule has 0 radical (unpaired) electrons. The Morgan fingerprint density at radius 2 is 2.33 bits per heavy atom. The monoisotopic (exact) mass is 216 g/mol. The van der Waals surface area contributed by atoms with Crippen LogP contribution in [0.2, 0.25) is 0 Å². The summed E-state index contributed by atoms with van der Waals surface area (Å²) in [6.07, 6.45) is -0.411. The molecule has 0 aromatic heterocycles. The third-order valence-corrected chi connectivity index (χ3v) is 2.48. The molecule has 1 aliphatic heterocycles. The summed E-state index contributed by atoms with van der Waals surface area (Å²) >= 11 is 0. The lowest BCUT2D eigenvalue weighted by Gasteiger charge is -2.31. The molecule has 1 aliphatic rings. The Hall–Kier alpha value is -0.650. The Morgan fingerprint density at radius 1 is 1.60 bits per heavy atom. The average Bonchev–Trinajstić information content (AvgIpc) is 2.25. The predicted octanol–water partition coefficient (Wildman–Crippen LogP) is -0.578. The fourth-order valence-electron chi connectivity index (χ4n) is 1.52. The Bertz CT molecular complexity index is 209. The fourth-order valence-corrected chi connectivity index (χ4v) is 1.52. The number of nitrogens with zero attached hydrogens (tertiary/aromatic N) is 2. The van der Waals surface area contributed by atoms with Crippen LogP contribution in [0.3, 0.4) is 0 Å². The number of hydrogen-bond donors (Lipinski definition) is 0. The molecule has 5 heteroatoms. The van der Waals surface area contributed by atoms with Gasteiger partial charge in [-0.1, -0.05) is 0 Å². The third-order valence-electron chi connectivity index (χ3n) is 2.48. The van der Waals surface area contributed by atoms with Gasteiger partial charge in [-0.05, 0) is 14.1 Å². The van der Waals surface area contributed by atoms with Gasteiger partial charge in [-0.25, -0.2) is 4.79 Å². The second-order valence-electron chi connectivity index (χ2n) is 3.99. The van der Waals surface area contributed by atoms with Crippen molar-refractivity contribution in [1.29, 1.82) is 0 Å². The van der Waals surface area contributed by atoms with E-state index in [1.54, 1.807) is 0 Å². The lowest BCUT2D eigenvalue weighted by molar-refractivity contribution is -0.159. The Kier molecular flexibility index (Phi) is 5.01. The smallest absolute Gasteiger partial charge is 0.336 e. The largest absolute Gasteiger partial charge is 0.467 e. The van der Waals surface area contributed by atoms with Crippen LogP contribution in [0, 0.1) is 0 Å². The van der Waals surface area contributed by atoms with Crippen LogP contribution in [0.4, 0.5) is 0 Å². The molecule has 0 bridgehead atoms. The van der Waals surface area contributed by atoms with Crippen molar-refractivity contribution >= 4 is 5.97 Å². The number of ether oxygens (including phenoxy) is 2. The Balaban J connectivity index is 2.32. The topological polar surface area (TPSA) is 42.0 Å². The molecule has 1 rings (SSSR count). The molecular formula is C10H20N2O3. The highest BCUT2D eigenvalue weighted by atomic mass is 16.6. The maximum Gasteiger partial charge on any atom is 0.336 e. The van der Waals surface area contributed by atoms with Gasteiger partial charge in [0.05, 0.1) is 13.7 Å². The number of morpholine rings is 1. The Labute approximate surface area is 90.9 Å². The standard InChI is InChI=1S/C10H20N2O3/c1-11(2)4-5-12-6-7-15-9(8-12)10(13)14-3/h9H,4-8H2,1-3H3. The first kappa shape index (κ1) is 12.4. The highest BCUT2D eigenvalue weighted by Gasteiger charge is 2.26. The highest BCUT2D eigenvalue weighted by Crippen LogP contribution is 2.06. The van der Waals surface area contributed by atoms with Crippen molar-refractivity contribution in [2.24, 2.45) is 0 Å². The molecule has 1 heterocycles. The van der Waals surface area contributed by atoms with Crippen LogP contribution in [0.15, 0.2) is 0 Å². The zero-order valence-electron chi connectivity index (χ0n) is 9.73. The van der Waals surface area contributed by atoms with Gasteiger partial charge in [-0.2, -0.15) is 0 Å². The predicted molar refractivity (Wildman–Crippen MR) is 56.8 cm³/mol. The summed E-state index contributed by atoms with van der Waals surface area (Å²) < 4.78 is 10.0. The second kappa shape index (κ2) is 6.05. The lowest BCUT2D eigenvalue weighted by atomic mass is 10.2. The van der Waals surface area contributed by atoms with Crippen molar-refractivity contribution in [1.82, 2.24) is 9.80 Å². The summed E-state index contributed by atoms with van der Waals surface area (Å²) in [6, 6.07) is 0. The maximum absolute atomic E-state index is 11.3. The number of likely N-dealkylation sites (N-methyl/N-ethyl adjacent to an activating group) is 1. The number of carbonyl (C=O) groups excluding carboxylic acids is 1. The van der Waals surface area contributed by atoms with Crippen LogP contribution in [-0.4, -0.2) is 75.9 Å². The summed E-state index contributed by atoms with van der Waals surface area (Å²) in [7, 11) is 5.47. The molecule has 0 aliphatic carbocycles. The fraction of sp³-hybridized carbons (Fsp3) is 0.900. The van der Waals surface area contributed by atoms with Crippen molar-refractivity contribution in [3.8, 4) is 0 Å². The first-order chi connectivity index (χ1) is 7.13. The van der Waals surface area contributed by atoms with Crippen LogP contribution in [0.1, 0.15) is 0 Å². The van der Waals surface area contributed by atoms with E-state index in [2.05, 4.69) is 14.5 Å². The zero-order valence-corrected chi connectivity index (χ0v) is 9.73. The highest BCUT2D eigenvalue weighted by molar-refractivity contribution is 5.74. The van der Waals surface area contributed by atoms with Gasteiger partial charge < -0.3 is 14.4 Å². The summed E-state index contributed by atoms with van der Waals surface area (Å²) in [5.74, 6) is -0.274. The molecular weight excluding hydrogens is 196 g/mol. The van der Waals surface area contributed by atoms with Gasteiger partial charge in [0.2, 0.25) is 0 Å². The molecule has 0 N–H and O–H groups in total. The zero-order chi connectivity index (χ0) is 11.3. The van der Waals surface area contributed by atoms with E-state index in [9.17, 15) is 4.79 Å². The van der Waals surface area contributed by atoms with Crippen LogP contribution < -0.4 is 0 Å². The van der Waals surface area contributed by atoms with E-state index < -0.39 is 6.10 Å². The average molecular weight is 216 g/mol. The molecule has 1 unspecified atom stereocenters. The van der Waals surface area contributed by atoms with Gasteiger partial charge in [-0.3, -0.25) is 4.90 Å². The van der Waals surface area contributed by atoms with Gasteiger partial charge in [0.25, 0.3) is 0 Å². The minimum absolute atomic E-state index is 0.274. The SMILES string of the molecule is COC(=O)C1CN(CCN(C)C)CCO1. The number of rotatable bonds is 4. The van der Waals surface area contributed by atoms with Gasteiger partial charge in [0.15, 0.2) is 6.10 Å². The third kappa shape index (κ3) is 4.15. The van der Waals surface area contributed by atoms with Crippen molar-refractivity contribution in [2.75, 3.05) is 54.0 Å². The second-order valence-corrected chi connectivity index (χ2v) is 3.99. The first-order valence-electron chi connectivity index (χ1n) is 5.20. The molecule has 15 heavy (non-hydrogen) atoms. The molecule has 5 nitrogen and oxygen atoms in total. The maximum atomic E-state index is 11.3. The molecule has 0 aromatic rings. The molecule has 0 amide bonds. The van der Waals surface area contributed by atoms with E-state index in [4.69, 9.17) is 4.74 Å². The normalized spacial score (nSPS) is 23.1. The lowest BCUT2D eigenvalue weighted by Crippen LogP contribution is -2.48. The summed E-state index contributed by atoms with van der Waals surface area (Å²) in [5, 5.41) is 0. The van der Waals surface area contributed by atoms with Gasteiger partial charge in [0, 0.05) is 26.2 Å². The van der Waals surface area contributed by atoms with E-state index in [1.807, 2.05) is 14.1 Å². The molecule has 0 aromatic carbocycles. The Morgan fingerprint density at radius 3 is 2.93 bits per heavy atom. The molecule has 0 spiro atoms. The van der Waals surface area contributed by atoms with Crippen molar-refractivity contribution in [2.45, 2.75) is 6.10 Å². The van der Waals surface area contributed by atoms with Crippen LogP contribution in [0.25, 0.3) is 0 Å². The minimum atomic E-state index is -0.411. The molecule has 88 valence electrons. The first-order valence-corrected chi connectivity index (χ1v) is 5.20. The number of methoxy groups -OCH3 is 1. The number of carbonyl (C=O) groups is 1. The number of hydrogen-bond acceptors (Lipinski definition) is 5. The quantitative estimate of drug-likeness (QED) is 0.588. The molecule has 1 saturated heterocycles. The number of esters is 1. The van der Waals surface area contributed by atoms with E-state index >= 15 is 0 Å². The van der Waals surface area contributed by atoms with E-state index in [0.717, 1.165) is 19.6 Å². The van der Waals surface area contributed by atoms with E-state index in [0.29, 0.717) is 13.2 Å². The summed E-state index contributed by atoms with van der Waals surface area (Å²) in [4.78, 5) is 15.6. The van der Waals surface area contributed by atoms with Crippen molar-refractivity contribution in [3.05, 3.63) is 0 Å². The van der Waals surface area contributed by atoms with Gasteiger partial charge in [-0.15, -0.1) is 0 Å².